The summed E-state index contributed by atoms with van der Waals surface area (Å²) < 4.78 is 0. The first-order chi connectivity index (χ1) is 5.75. The van der Waals surface area contributed by atoms with Crippen molar-refractivity contribution in [3.05, 3.63) is 0 Å². The topological polar surface area (TPSA) is 34.1 Å². The molecule has 1 saturated carbocycles. The molecule has 0 aromatic heterocycles. The van der Waals surface area contributed by atoms with Crippen LogP contribution in [-0.4, -0.2) is 12.1 Å². The van der Waals surface area contributed by atoms with Gasteiger partial charge in [0.25, 0.3) is 0 Å². The lowest BCUT2D eigenvalue weighted by Crippen LogP contribution is -2.34. The van der Waals surface area contributed by atoms with E-state index < -0.39 is 5.41 Å². The maximum Gasteiger partial charge on any atom is 0.145 e. The fourth-order valence-corrected chi connectivity index (χ4v) is 2.00. The van der Waals surface area contributed by atoms with Crippen LogP contribution < -0.4 is 0 Å². The summed E-state index contributed by atoms with van der Waals surface area (Å²) >= 11 is 0. The van der Waals surface area contributed by atoms with Crippen molar-refractivity contribution >= 4 is 12.1 Å². The highest BCUT2D eigenvalue weighted by Gasteiger charge is 2.37. The van der Waals surface area contributed by atoms with E-state index in [1.54, 1.807) is 0 Å². The first-order valence-electron chi connectivity index (χ1n) is 4.75. The monoisotopic (exact) mass is 168 g/mol. The molecule has 0 heterocycles. The van der Waals surface area contributed by atoms with Gasteiger partial charge in [0.15, 0.2) is 0 Å². The van der Waals surface area contributed by atoms with Gasteiger partial charge in [0.05, 0.1) is 5.41 Å². The van der Waals surface area contributed by atoms with Crippen LogP contribution in [0.25, 0.3) is 0 Å². The van der Waals surface area contributed by atoms with Crippen LogP contribution in [0.4, 0.5) is 0 Å². The maximum absolute atomic E-state index is 11.5. The number of hydrogen-bond acceptors (Lipinski definition) is 2. The lowest BCUT2D eigenvalue weighted by molar-refractivity contribution is -0.136. The van der Waals surface area contributed by atoms with Gasteiger partial charge in [-0.3, -0.25) is 4.79 Å². The first kappa shape index (κ1) is 9.43. The van der Waals surface area contributed by atoms with Gasteiger partial charge in [-0.1, -0.05) is 26.2 Å². The van der Waals surface area contributed by atoms with Crippen molar-refractivity contribution in [2.45, 2.75) is 45.4 Å². The standard InChI is InChI=1S/C10H16O2/c1-2-9(12)10(8-11)6-4-3-5-7-10/h8H,2-7H2,1H3. The van der Waals surface area contributed by atoms with Gasteiger partial charge < -0.3 is 4.79 Å². The molecule has 0 atom stereocenters. The van der Waals surface area contributed by atoms with Crippen molar-refractivity contribution < 1.29 is 9.59 Å². The number of Topliss-reactive ketones (excluding diaryl/α,β-unsaturated/α-hetero) is 1. The average Bonchev–Trinajstić information content (AvgIpc) is 2.17. The Bertz CT molecular complexity index is 178. The first-order valence-corrected chi connectivity index (χ1v) is 4.75. The summed E-state index contributed by atoms with van der Waals surface area (Å²) in [6, 6.07) is 0. The van der Waals surface area contributed by atoms with Crippen LogP contribution >= 0.6 is 0 Å². The van der Waals surface area contributed by atoms with Crippen LogP contribution in [0.2, 0.25) is 0 Å². The van der Waals surface area contributed by atoms with Gasteiger partial charge in [-0.05, 0) is 12.8 Å². The molecule has 0 aromatic carbocycles. The average molecular weight is 168 g/mol. The van der Waals surface area contributed by atoms with Crippen molar-refractivity contribution in [3.63, 3.8) is 0 Å². The van der Waals surface area contributed by atoms with Crippen molar-refractivity contribution in [1.29, 1.82) is 0 Å². The third kappa shape index (κ3) is 1.57. The van der Waals surface area contributed by atoms with Crippen molar-refractivity contribution in [2.24, 2.45) is 5.41 Å². The van der Waals surface area contributed by atoms with E-state index in [4.69, 9.17) is 0 Å². The predicted molar refractivity (Wildman–Crippen MR) is 46.9 cm³/mol. The van der Waals surface area contributed by atoms with Crippen molar-refractivity contribution in [2.75, 3.05) is 0 Å². The number of carbonyl (C=O) groups excluding carboxylic acids is 2. The van der Waals surface area contributed by atoms with E-state index in [1.165, 1.54) is 6.42 Å². The molecule has 0 spiro atoms. The molecule has 1 aliphatic rings. The summed E-state index contributed by atoms with van der Waals surface area (Å²) in [7, 11) is 0. The Morgan fingerprint density at radius 3 is 2.33 bits per heavy atom. The Balaban J connectivity index is 2.72. The summed E-state index contributed by atoms with van der Waals surface area (Å²) in [4.78, 5) is 22.4. The molecule has 2 nitrogen and oxygen atoms in total. The lowest BCUT2D eigenvalue weighted by atomic mass is 9.71. The van der Waals surface area contributed by atoms with Crippen LogP contribution in [-0.2, 0) is 9.59 Å². The molecule has 1 aliphatic carbocycles. The predicted octanol–water partition coefficient (Wildman–Crippen LogP) is 2.11. The van der Waals surface area contributed by atoms with Crippen LogP contribution in [0, 0.1) is 5.41 Å². The zero-order valence-electron chi connectivity index (χ0n) is 7.64. The van der Waals surface area contributed by atoms with Gasteiger partial charge in [-0.2, -0.15) is 0 Å². The number of hydrogen-bond donors (Lipinski definition) is 0. The van der Waals surface area contributed by atoms with E-state index in [0.717, 1.165) is 32.0 Å². The Labute approximate surface area is 73.3 Å². The van der Waals surface area contributed by atoms with Gasteiger partial charge in [-0.15, -0.1) is 0 Å². The van der Waals surface area contributed by atoms with Gasteiger partial charge in [0.2, 0.25) is 0 Å². The minimum Gasteiger partial charge on any atom is -0.302 e. The number of ketones is 1. The van der Waals surface area contributed by atoms with Crippen molar-refractivity contribution in [3.8, 4) is 0 Å². The molecule has 12 heavy (non-hydrogen) atoms. The molecular formula is C10H16O2. The van der Waals surface area contributed by atoms with E-state index in [9.17, 15) is 9.59 Å². The largest absolute Gasteiger partial charge is 0.302 e. The normalized spacial score (nSPS) is 21.8. The summed E-state index contributed by atoms with van der Waals surface area (Å²) in [5, 5.41) is 0. The number of carbonyl (C=O) groups is 2. The van der Waals surface area contributed by atoms with Crippen LogP contribution in [0.3, 0.4) is 0 Å². The molecule has 68 valence electrons. The summed E-state index contributed by atoms with van der Waals surface area (Å²) in [6.45, 7) is 1.84. The van der Waals surface area contributed by atoms with Gasteiger partial charge in [0, 0.05) is 6.42 Å². The second kappa shape index (κ2) is 3.83. The second-order valence-corrected chi connectivity index (χ2v) is 3.61. The molecule has 0 N–H and O–H groups in total. The molecule has 1 fully saturated rings. The second-order valence-electron chi connectivity index (χ2n) is 3.61. The van der Waals surface area contributed by atoms with Crippen molar-refractivity contribution in [1.82, 2.24) is 0 Å². The molecule has 0 radical (unpaired) electrons. The van der Waals surface area contributed by atoms with Crippen LogP contribution in [0.1, 0.15) is 45.4 Å². The Hall–Kier alpha value is -0.660. The molecule has 0 bridgehead atoms. The molecule has 1 rings (SSSR count). The third-order valence-electron chi connectivity index (χ3n) is 2.85. The van der Waals surface area contributed by atoms with Gasteiger partial charge in [-0.25, -0.2) is 0 Å². The van der Waals surface area contributed by atoms with Crippen LogP contribution in [0.5, 0.6) is 0 Å². The Kier molecular flexibility index (Phi) is 3.01. The molecule has 2 heteroatoms. The summed E-state index contributed by atoms with van der Waals surface area (Å²) in [6.07, 6.45) is 6.19. The molecule has 0 aliphatic heterocycles. The quantitative estimate of drug-likeness (QED) is 0.478. The minimum absolute atomic E-state index is 0.136. The van der Waals surface area contributed by atoms with E-state index >= 15 is 0 Å². The van der Waals surface area contributed by atoms with Gasteiger partial charge >= 0.3 is 0 Å². The summed E-state index contributed by atoms with van der Waals surface area (Å²) in [5.74, 6) is 0.136. The van der Waals surface area contributed by atoms with Gasteiger partial charge in [0.1, 0.15) is 12.1 Å². The van der Waals surface area contributed by atoms with E-state index in [2.05, 4.69) is 0 Å². The number of rotatable bonds is 3. The van der Waals surface area contributed by atoms with E-state index in [-0.39, 0.29) is 5.78 Å². The zero-order valence-corrected chi connectivity index (χ0v) is 7.64. The number of aldehydes is 1. The third-order valence-corrected chi connectivity index (χ3v) is 2.85. The minimum atomic E-state index is -0.590. The molecule has 0 saturated heterocycles. The fraction of sp³-hybridized carbons (Fsp3) is 0.800. The smallest absolute Gasteiger partial charge is 0.145 e. The highest BCUT2D eigenvalue weighted by atomic mass is 16.1. The summed E-state index contributed by atoms with van der Waals surface area (Å²) in [5.41, 5.74) is -0.590. The molecule has 0 aromatic rings. The molecular weight excluding hydrogens is 152 g/mol. The highest BCUT2D eigenvalue weighted by Crippen LogP contribution is 2.35. The molecule has 0 unspecified atom stereocenters. The fourth-order valence-electron chi connectivity index (χ4n) is 2.00. The SMILES string of the molecule is CCC(=O)C1(C=O)CCCCC1. The lowest BCUT2D eigenvalue weighted by Gasteiger charge is -2.29. The Morgan fingerprint density at radius 2 is 1.92 bits per heavy atom. The zero-order chi connectivity index (χ0) is 9.03. The Morgan fingerprint density at radius 1 is 1.33 bits per heavy atom. The van der Waals surface area contributed by atoms with Crippen LogP contribution in [0.15, 0.2) is 0 Å². The highest BCUT2D eigenvalue weighted by molar-refractivity contribution is 5.98. The van der Waals surface area contributed by atoms with E-state index in [1.807, 2.05) is 6.92 Å². The van der Waals surface area contributed by atoms with E-state index in [0.29, 0.717) is 6.42 Å². The molecule has 0 amide bonds. The maximum atomic E-state index is 11.5.